The summed E-state index contributed by atoms with van der Waals surface area (Å²) in [6.45, 7) is 0.761. The molecule has 0 bridgehead atoms. The van der Waals surface area contributed by atoms with Crippen LogP contribution >= 0.6 is 0 Å². The van der Waals surface area contributed by atoms with Crippen molar-refractivity contribution in [3.63, 3.8) is 0 Å². The molecule has 1 aliphatic heterocycles. The number of nitrogens with one attached hydrogen (secondary N) is 1. The van der Waals surface area contributed by atoms with Crippen molar-refractivity contribution >= 4 is 5.91 Å². The van der Waals surface area contributed by atoms with Gasteiger partial charge in [0.15, 0.2) is 0 Å². The van der Waals surface area contributed by atoms with Crippen LogP contribution in [0.25, 0.3) is 0 Å². The number of aromatic nitrogens is 1. The Balaban J connectivity index is 0.00000128. The third-order valence-electron chi connectivity index (χ3n) is 2.35. The van der Waals surface area contributed by atoms with Crippen molar-refractivity contribution in [3.05, 3.63) is 54.5 Å². The van der Waals surface area contributed by atoms with Crippen molar-refractivity contribution in [3.8, 4) is 0 Å². The summed E-state index contributed by atoms with van der Waals surface area (Å²) < 4.78 is 0. The molecule has 1 atom stereocenters. The molecule has 2 heterocycles. The Bertz CT molecular complexity index is 401. The van der Waals surface area contributed by atoms with Gasteiger partial charge in [0.05, 0.1) is 6.54 Å². The van der Waals surface area contributed by atoms with E-state index >= 15 is 0 Å². The van der Waals surface area contributed by atoms with Crippen LogP contribution in [0.3, 0.4) is 0 Å². The van der Waals surface area contributed by atoms with E-state index in [0.29, 0.717) is 0 Å². The molecule has 0 aliphatic carbocycles. The number of carbonyl (C=O) groups is 1. The predicted molar refractivity (Wildman–Crippen MR) is 57.1 cm³/mol. The first-order chi connectivity index (χ1) is 7.36. The zero-order valence-electron chi connectivity index (χ0n) is 8.77. The smallest absolute Gasteiger partial charge is 0.341 e. The highest BCUT2D eigenvalue weighted by atomic mass is 127. The molecular formula is C12H13IN2O. The fraction of sp³-hybridized carbons (Fsp3) is 0.167. The Morgan fingerprint density at radius 1 is 1.25 bits per heavy atom. The van der Waals surface area contributed by atoms with E-state index < -0.39 is 0 Å². The Hall–Kier alpha value is -1.01. The van der Waals surface area contributed by atoms with Crippen LogP contribution in [0.2, 0.25) is 0 Å². The van der Waals surface area contributed by atoms with Gasteiger partial charge in [-0.15, -0.1) is 0 Å². The quantitative estimate of drug-likeness (QED) is 0.605. The van der Waals surface area contributed by atoms with Crippen LogP contribution < -0.4 is 28.9 Å². The fourth-order valence-corrected chi connectivity index (χ4v) is 1.52. The van der Waals surface area contributed by atoms with Crippen LogP contribution in [-0.4, -0.2) is 17.4 Å². The van der Waals surface area contributed by atoms with E-state index in [9.17, 15) is 4.79 Å². The number of nitrogens with zero attached hydrogens (tertiary/aromatic N) is 1. The summed E-state index contributed by atoms with van der Waals surface area (Å²) in [4.78, 5) is 16.5. The minimum Gasteiger partial charge on any atom is -1.00 e. The standard InChI is InChI=1S/C12H12N2O.HI/c15-12-6-2-4-9-14(12)10-7-11-5-1-3-8-13-11;/h1-6,8-9H,7,10H2;1H. The summed E-state index contributed by atoms with van der Waals surface area (Å²) in [6.07, 6.45) is 9.75. The maximum absolute atomic E-state index is 11.4. The molecule has 1 aromatic rings. The van der Waals surface area contributed by atoms with Crippen LogP contribution in [0.15, 0.2) is 48.8 Å². The average Bonchev–Trinajstić information content (AvgIpc) is 2.29. The first kappa shape index (κ1) is 13.1. The molecule has 0 aromatic carbocycles. The second-order valence-electron chi connectivity index (χ2n) is 3.43. The summed E-state index contributed by atoms with van der Waals surface area (Å²) in [5, 5.41) is 0. The largest absolute Gasteiger partial charge is 1.00 e. The van der Waals surface area contributed by atoms with E-state index in [0.717, 1.165) is 23.6 Å². The Morgan fingerprint density at radius 2 is 2.12 bits per heavy atom. The van der Waals surface area contributed by atoms with Crippen molar-refractivity contribution in [1.82, 2.24) is 4.98 Å². The molecule has 1 aromatic heterocycles. The van der Waals surface area contributed by atoms with Gasteiger partial charge in [0.1, 0.15) is 6.20 Å². The molecule has 1 unspecified atom stereocenters. The minimum atomic E-state index is 0. The van der Waals surface area contributed by atoms with E-state index in [2.05, 4.69) is 4.98 Å². The number of carbonyl (C=O) groups excluding carboxylic acids is 1. The summed E-state index contributed by atoms with van der Waals surface area (Å²) >= 11 is 0. The lowest BCUT2D eigenvalue weighted by atomic mass is 10.2. The fourth-order valence-electron chi connectivity index (χ4n) is 1.52. The highest BCUT2D eigenvalue weighted by molar-refractivity contribution is 5.81. The molecule has 2 rings (SSSR count). The second kappa shape index (κ2) is 6.55. The molecule has 0 radical (unpaired) electrons. The minimum absolute atomic E-state index is 0. The third kappa shape index (κ3) is 3.53. The summed E-state index contributed by atoms with van der Waals surface area (Å²) in [6, 6.07) is 5.84. The lowest BCUT2D eigenvalue weighted by molar-refractivity contribution is -0.761. The van der Waals surface area contributed by atoms with E-state index in [-0.39, 0.29) is 29.9 Å². The highest BCUT2D eigenvalue weighted by Gasteiger charge is 2.15. The van der Waals surface area contributed by atoms with Gasteiger partial charge in [-0.3, -0.25) is 4.98 Å². The van der Waals surface area contributed by atoms with Crippen LogP contribution in [0.4, 0.5) is 0 Å². The van der Waals surface area contributed by atoms with E-state index in [1.165, 1.54) is 0 Å². The van der Waals surface area contributed by atoms with E-state index in [1.807, 2.05) is 30.5 Å². The lowest BCUT2D eigenvalue weighted by Crippen LogP contribution is -3.10. The number of pyridine rings is 1. The summed E-state index contributed by atoms with van der Waals surface area (Å²) in [7, 11) is 0. The number of quaternary nitrogens is 1. The lowest BCUT2D eigenvalue weighted by Gasteiger charge is -2.11. The molecular weight excluding hydrogens is 315 g/mol. The Labute approximate surface area is 112 Å². The first-order valence-corrected chi connectivity index (χ1v) is 5.01. The molecule has 3 nitrogen and oxygen atoms in total. The Kier molecular flexibility index (Phi) is 5.34. The molecule has 0 saturated heterocycles. The number of hydrogen-bond donors (Lipinski definition) is 1. The van der Waals surface area contributed by atoms with Gasteiger partial charge >= 0.3 is 5.91 Å². The number of rotatable bonds is 3. The molecule has 0 fully saturated rings. The molecule has 84 valence electrons. The zero-order valence-corrected chi connectivity index (χ0v) is 10.9. The van der Waals surface area contributed by atoms with Gasteiger partial charge in [0, 0.05) is 24.4 Å². The normalized spacial score (nSPS) is 18.2. The SMILES string of the molecule is O=C1C=CC=C[NH+]1CCc1ccccn1.[I-]. The van der Waals surface area contributed by atoms with Crippen LogP contribution in [-0.2, 0) is 11.2 Å². The van der Waals surface area contributed by atoms with Gasteiger partial charge in [-0.05, 0) is 24.3 Å². The van der Waals surface area contributed by atoms with Crippen molar-refractivity contribution in [2.24, 2.45) is 0 Å². The molecule has 0 saturated carbocycles. The molecule has 0 spiro atoms. The van der Waals surface area contributed by atoms with Crippen molar-refractivity contribution < 1.29 is 33.7 Å². The van der Waals surface area contributed by atoms with Crippen LogP contribution in [0.5, 0.6) is 0 Å². The highest BCUT2D eigenvalue weighted by Crippen LogP contribution is 1.92. The van der Waals surface area contributed by atoms with Crippen molar-refractivity contribution in [2.45, 2.75) is 6.42 Å². The zero-order chi connectivity index (χ0) is 10.5. The molecule has 16 heavy (non-hydrogen) atoms. The van der Waals surface area contributed by atoms with E-state index in [4.69, 9.17) is 0 Å². The molecule has 1 aliphatic rings. The summed E-state index contributed by atoms with van der Waals surface area (Å²) in [5.74, 6) is 0.119. The predicted octanol–water partition coefficient (Wildman–Crippen LogP) is -2.88. The topological polar surface area (TPSA) is 34.4 Å². The van der Waals surface area contributed by atoms with Crippen molar-refractivity contribution in [2.75, 3.05) is 6.54 Å². The van der Waals surface area contributed by atoms with Gasteiger partial charge in [-0.25, -0.2) is 9.69 Å². The van der Waals surface area contributed by atoms with Gasteiger partial charge in [0.25, 0.3) is 0 Å². The van der Waals surface area contributed by atoms with Crippen molar-refractivity contribution in [1.29, 1.82) is 0 Å². The average molecular weight is 328 g/mol. The molecule has 4 heteroatoms. The van der Waals surface area contributed by atoms with Gasteiger partial charge in [0.2, 0.25) is 0 Å². The van der Waals surface area contributed by atoms with E-state index in [1.54, 1.807) is 18.3 Å². The number of allylic oxidation sites excluding steroid dienone is 2. The Morgan fingerprint density at radius 3 is 2.81 bits per heavy atom. The van der Waals surface area contributed by atoms with Gasteiger partial charge in [-0.1, -0.05) is 6.07 Å². The molecule has 1 amide bonds. The maximum Gasteiger partial charge on any atom is 0.341 e. The monoisotopic (exact) mass is 328 g/mol. The third-order valence-corrected chi connectivity index (χ3v) is 2.35. The number of hydrogen-bond acceptors (Lipinski definition) is 2. The van der Waals surface area contributed by atoms with Crippen LogP contribution in [0, 0.1) is 0 Å². The maximum atomic E-state index is 11.4. The summed E-state index contributed by atoms with van der Waals surface area (Å²) in [5.41, 5.74) is 1.03. The first-order valence-electron chi connectivity index (χ1n) is 5.01. The van der Waals surface area contributed by atoms with Gasteiger partial charge < -0.3 is 24.0 Å². The number of halogens is 1. The molecule has 1 N–H and O–H groups in total. The number of amides is 1. The van der Waals surface area contributed by atoms with Gasteiger partial charge in [-0.2, -0.15) is 0 Å². The van der Waals surface area contributed by atoms with Crippen LogP contribution in [0.1, 0.15) is 5.69 Å². The second-order valence-corrected chi connectivity index (χ2v) is 3.43.